The maximum absolute atomic E-state index is 2.36. The molecule has 0 atom stereocenters. The second-order valence-corrected chi connectivity index (χ2v) is 5.37. The number of rotatable bonds is 0. The molecule has 1 aliphatic rings. The average molecular weight is 225 g/mol. The van der Waals surface area contributed by atoms with Crippen LogP contribution in [0, 0.1) is 27.7 Å². The highest BCUT2D eigenvalue weighted by Crippen LogP contribution is 2.41. The first-order valence-corrected chi connectivity index (χ1v) is 6.26. The lowest BCUT2D eigenvalue weighted by Gasteiger charge is -2.09. The van der Waals surface area contributed by atoms with Crippen molar-refractivity contribution in [2.75, 3.05) is 0 Å². The SMILES string of the molecule is Cc1cc2c(cc1C)-c1c(c(C)c(C)n1C)C2. The first kappa shape index (κ1) is 10.6. The Morgan fingerprint density at radius 2 is 1.65 bits per heavy atom. The highest BCUT2D eigenvalue weighted by atomic mass is 15.0. The van der Waals surface area contributed by atoms with E-state index < -0.39 is 0 Å². The molecule has 0 saturated carbocycles. The summed E-state index contributed by atoms with van der Waals surface area (Å²) < 4.78 is 2.35. The molecule has 0 aliphatic heterocycles. The van der Waals surface area contributed by atoms with E-state index in [2.05, 4.69) is 51.4 Å². The normalized spacial score (nSPS) is 12.8. The number of benzene rings is 1. The summed E-state index contributed by atoms with van der Waals surface area (Å²) in [6, 6.07) is 4.72. The fraction of sp³-hybridized carbons (Fsp3) is 0.375. The van der Waals surface area contributed by atoms with E-state index >= 15 is 0 Å². The predicted molar refractivity (Wildman–Crippen MR) is 72.6 cm³/mol. The number of fused-ring (bicyclic) bond motifs is 3. The Bertz CT molecular complexity index is 630. The highest BCUT2D eigenvalue weighted by molar-refractivity contribution is 5.77. The molecule has 0 amide bonds. The molecule has 1 aromatic carbocycles. The van der Waals surface area contributed by atoms with Crippen LogP contribution in [0.2, 0.25) is 0 Å². The quantitative estimate of drug-likeness (QED) is 0.548. The Morgan fingerprint density at radius 3 is 2.35 bits per heavy atom. The monoisotopic (exact) mass is 225 g/mol. The molecule has 0 fully saturated rings. The first-order valence-electron chi connectivity index (χ1n) is 6.26. The summed E-state index contributed by atoms with van der Waals surface area (Å²) in [4.78, 5) is 0. The van der Waals surface area contributed by atoms with Gasteiger partial charge >= 0.3 is 0 Å². The Kier molecular flexibility index (Phi) is 2.04. The van der Waals surface area contributed by atoms with Crippen molar-refractivity contribution >= 4 is 0 Å². The molecular formula is C16H19N. The standard InChI is InChI=1S/C16H19N/c1-9-6-13-8-14-11(3)12(4)17(5)16(14)15(13)7-10(9)2/h6-7H,8H2,1-5H3. The Morgan fingerprint density at radius 1 is 1.00 bits per heavy atom. The van der Waals surface area contributed by atoms with Crippen LogP contribution in [0.15, 0.2) is 12.1 Å². The first-order chi connectivity index (χ1) is 8.00. The molecule has 17 heavy (non-hydrogen) atoms. The molecule has 1 nitrogen and oxygen atoms in total. The van der Waals surface area contributed by atoms with Crippen LogP contribution >= 0.6 is 0 Å². The summed E-state index contributed by atoms with van der Waals surface area (Å²) in [7, 11) is 2.19. The van der Waals surface area contributed by atoms with Crippen LogP contribution in [0.5, 0.6) is 0 Å². The van der Waals surface area contributed by atoms with E-state index in [1.165, 1.54) is 44.8 Å². The van der Waals surface area contributed by atoms with Gasteiger partial charge in [0, 0.05) is 24.7 Å². The molecule has 1 aliphatic carbocycles. The molecular weight excluding hydrogens is 206 g/mol. The Hall–Kier alpha value is -1.50. The molecule has 0 saturated heterocycles. The fourth-order valence-electron chi connectivity index (χ4n) is 3.01. The third-order valence-electron chi connectivity index (χ3n) is 4.46. The Balaban J connectivity index is 2.34. The minimum atomic E-state index is 1.11. The van der Waals surface area contributed by atoms with Gasteiger partial charge in [0.25, 0.3) is 0 Å². The van der Waals surface area contributed by atoms with Crippen molar-refractivity contribution in [2.24, 2.45) is 7.05 Å². The van der Waals surface area contributed by atoms with Crippen molar-refractivity contribution < 1.29 is 0 Å². The van der Waals surface area contributed by atoms with Crippen LogP contribution in [-0.4, -0.2) is 4.57 Å². The van der Waals surface area contributed by atoms with Crippen molar-refractivity contribution in [3.8, 4) is 11.3 Å². The van der Waals surface area contributed by atoms with E-state index in [1.54, 1.807) is 0 Å². The molecule has 2 aromatic rings. The van der Waals surface area contributed by atoms with Gasteiger partial charge in [-0.05, 0) is 61.6 Å². The topological polar surface area (TPSA) is 4.93 Å². The number of hydrogen-bond acceptors (Lipinski definition) is 0. The molecule has 0 spiro atoms. The van der Waals surface area contributed by atoms with Crippen LogP contribution < -0.4 is 0 Å². The summed E-state index contributed by atoms with van der Waals surface area (Å²) in [6.45, 7) is 8.88. The van der Waals surface area contributed by atoms with E-state index in [1.807, 2.05) is 0 Å². The third-order valence-corrected chi connectivity index (χ3v) is 4.46. The second kappa shape index (κ2) is 3.25. The molecule has 1 heterocycles. The smallest absolute Gasteiger partial charge is 0.0521 e. The van der Waals surface area contributed by atoms with Crippen molar-refractivity contribution in [3.63, 3.8) is 0 Å². The minimum absolute atomic E-state index is 1.11. The summed E-state index contributed by atoms with van der Waals surface area (Å²) >= 11 is 0. The highest BCUT2D eigenvalue weighted by Gasteiger charge is 2.25. The second-order valence-electron chi connectivity index (χ2n) is 5.37. The van der Waals surface area contributed by atoms with Gasteiger partial charge in [-0.15, -0.1) is 0 Å². The average Bonchev–Trinajstić information content (AvgIpc) is 2.73. The summed E-state index contributed by atoms with van der Waals surface area (Å²) in [5.74, 6) is 0. The van der Waals surface area contributed by atoms with Crippen LogP contribution in [0.1, 0.15) is 33.5 Å². The number of hydrogen-bond donors (Lipinski definition) is 0. The van der Waals surface area contributed by atoms with Gasteiger partial charge in [0.05, 0.1) is 5.69 Å². The van der Waals surface area contributed by atoms with E-state index in [4.69, 9.17) is 0 Å². The number of aromatic nitrogens is 1. The van der Waals surface area contributed by atoms with Crippen molar-refractivity contribution in [3.05, 3.63) is 45.6 Å². The molecule has 0 radical (unpaired) electrons. The molecule has 0 N–H and O–H groups in total. The van der Waals surface area contributed by atoms with Crippen molar-refractivity contribution in [1.29, 1.82) is 0 Å². The van der Waals surface area contributed by atoms with Gasteiger partial charge in [0.15, 0.2) is 0 Å². The van der Waals surface area contributed by atoms with Gasteiger partial charge < -0.3 is 4.57 Å². The zero-order chi connectivity index (χ0) is 12.3. The van der Waals surface area contributed by atoms with Gasteiger partial charge in [-0.1, -0.05) is 6.07 Å². The van der Waals surface area contributed by atoms with Gasteiger partial charge in [0.2, 0.25) is 0 Å². The van der Waals surface area contributed by atoms with Crippen LogP contribution in [0.4, 0.5) is 0 Å². The fourth-order valence-corrected chi connectivity index (χ4v) is 3.01. The maximum atomic E-state index is 2.36. The van der Waals surface area contributed by atoms with Crippen LogP contribution in [0.3, 0.4) is 0 Å². The van der Waals surface area contributed by atoms with Gasteiger partial charge in [-0.25, -0.2) is 0 Å². The van der Waals surface area contributed by atoms with E-state index in [9.17, 15) is 0 Å². The molecule has 1 aromatic heterocycles. The van der Waals surface area contributed by atoms with Crippen LogP contribution in [0.25, 0.3) is 11.3 Å². The predicted octanol–water partition coefficient (Wildman–Crippen LogP) is 3.83. The lowest BCUT2D eigenvalue weighted by Crippen LogP contribution is -1.96. The maximum Gasteiger partial charge on any atom is 0.0521 e. The van der Waals surface area contributed by atoms with E-state index in [-0.39, 0.29) is 0 Å². The van der Waals surface area contributed by atoms with Crippen molar-refractivity contribution in [1.82, 2.24) is 4.57 Å². The largest absolute Gasteiger partial charge is 0.347 e. The van der Waals surface area contributed by atoms with E-state index in [0.29, 0.717) is 0 Å². The molecule has 3 rings (SSSR count). The third kappa shape index (κ3) is 1.25. The summed E-state index contributed by atoms with van der Waals surface area (Å²) in [5.41, 5.74) is 11.6. The molecule has 0 bridgehead atoms. The number of nitrogens with zero attached hydrogens (tertiary/aromatic N) is 1. The molecule has 0 unspecified atom stereocenters. The molecule has 1 heteroatoms. The lowest BCUT2D eigenvalue weighted by molar-refractivity contribution is 0.885. The van der Waals surface area contributed by atoms with Gasteiger partial charge in [-0.2, -0.15) is 0 Å². The van der Waals surface area contributed by atoms with Crippen molar-refractivity contribution in [2.45, 2.75) is 34.1 Å². The summed E-state index contributed by atoms with van der Waals surface area (Å²) in [5, 5.41) is 0. The van der Waals surface area contributed by atoms with Gasteiger partial charge in [-0.3, -0.25) is 0 Å². The zero-order valence-electron chi connectivity index (χ0n) is 11.3. The number of aryl methyl sites for hydroxylation is 2. The van der Waals surface area contributed by atoms with E-state index in [0.717, 1.165) is 6.42 Å². The zero-order valence-corrected chi connectivity index (χ0v) is 11.3. The van der Waals surface area contributed by atoms with Crippen LogP contribution in [-0.2, 0) is 13.5 Å². The summed E-state index contributed by atoms with van der Waals surface area (Å²) in [6.07, 6.45) is 1.11. The van der Waals surface area contributed by atoms with Gasteiger partial charge in [0.1, 0.15) is 0 Å². The Labute approximate surface area is 103 Å². The molecule has 88 valence electrons. The minimum Gasteiger partial charge on any atom is -0.347 e. The lowest BCUT2D eigenvalue weighted by atomic mass is 10.0.